The van der Waals surface area contributed by atoms with Crippen molar-refractivity contribution in [2.45, 2.75) is 84.0 Å². The van der Waals surface area contributed by atoms with E-state index in [1.165, 1.54) is 10.5 Å². The molecule has 0 aromatic heterocycles. The van der Waals surface area contributed by atoms with Crippen molar-refractivity contribution in [1.82, 2.24) is 4.90 Å². The Morgan fingerprint density at radius 2 is 2.04 bits per heavy atom. The van der Waals surface area contributed by atoms with Crippen LogP contribution >= 0.6 is 0 Å². The van der Waals surface area contributed by atoms with E-state index in [9.17, 15) is 9.90 Å². The van der Waals surface area contributed by atoms with Gasteiger partial charge in [0.05, 0.1) is 18.3 Å². The highest BCUT2D eigenvalue weighted by Crippen LogP contribution is 2.55. The average Bonchev–Trinajstić information content (AvgIpc) is 3.31. The second-order valence-electron chi connectivity index (χ2n) is 10.2. The molecule has 2 fully saturated rings. The van der Waals surface area contributed by atoms with E-state index in [-0.39, 0.29) is 35.0 Å². The maximum atomic E-state index is 12.1. The normalized spacial score (nSPS) is 45.5. The number of amides is 1. The van der Waals surface area contributed by atoms with Crippen LogP contribution in [0, 0.1) is 23.2 Å². The minimum atomic E-state index is -0.496. The molecule has 5 heteroatoms. The maximum absolute atomic E-state index is 12.1. The van der Waals surface area contributed by atoms with Gasteiger partial charge in [-0.05, 0) is 69.6 Å². The van der Waals surface area contributed by atoms with Gasteiger partial charge in [0, 0.05) is 20.0 Å². The number of nitrogens with zero attached hydrogens (tertiary/aromatic N) is 1. The fourth-order valence-electron chi connectivity index (χ4n) is 5.56. The number of allylic oxidation sites excluding steroid dienone is 2. The number of carbonyl (C=O) groups excluding carboxylic acids is 1. The molecule has 0 aromatic rings. The molecule has 1 N–H and O–H groups in total. The first-order chi connectivity index (χ1) is 13.1. The number of hydrogen-bond acceptors (Lipinski definition) is 4. The SMILES string of the molecule is C/C1=C\CC[C@@]2(C)O[C@@H]2[C@H](O)[C@@H]2CC[C@@H](C)[C@](C)(CC1)[C@H]2COC(=O)N(C)C. The molecule has 1 amide bonds. The summed E-state index contributed by atoms with van der Waals surface area (Å²) in [6.45, 7) is 9.39. The molecule has 3 aliphatic rings. The number of ether oxygens (including phenoxy) is 2. The number of carbonyl (C=O) groups is 1. The van der Waals surface area contributed by atoms with Gasteiger partial charge in [0.1, 0.15) is 6.10 Å². The third kappa shape index (κ3) is 4.11. The standard InChI is InChI=1S/C23H39NO4/c1-15-8-7-12-23(4)20(28-23)19(25)17-10-9-16(2)22(3,13-11-15)18(17)14-27-21(26)24(5)6/h8,16-20,25H,7,9-14H2,1-6H3/b15-8+/t16-,17-,18+,19-,20-,22+,23-/m1/s1. The van der Waals surface area contributed by atoms with Crippen LogP contribution < -0.4 is 0 Å². The molecule has 1 aliphatic heterocycles. The molecule has 1 saturated carbocycles. The Morgan fingerprint density at radius 3 is 2.71 bits per heavy atom. The van der Waals surface area contributed by atoms with Crippen LogP contribution in [-0.4, -0.2) is 54.6 Å². The summed E-state index contributed by atoms with van der Waals surface area (Å²) >= 11 is 0. The van der Waals surface area contributed by atoms with Gasteiger partial charge >= 0.3 is 6.09 Å². The molecule has 0 unspecified atom stereocenters. The molecule has 1 saturated heterocycles. The Bertz CT molecular complexity index is 618. The number of hydrogen-bond donors (Lipinski definition) is 1. The summed E-state index contributed by atoms with van der Waals surface area (Å²) in [5.74, 6) is 0.767. The lowest BCUT2D eigenvalue weighted by Gasteiger charge is -2.51. The molecule has 2 bridgehead atoms. The highest BCUT2D eigenvalue weighted by Gasteiger charge is 2.60. The van der Waals surface area contributed by atoms with Gasteiger partial charge in [0.2, 0.25) is 0 Å². The summed E-state index contributed by atoms with van der Waals surface area (Å²) in [5.41, 5.74) is 1.23. The van der Waals surface area contributed by atoms with Crippen molar-refractivity contribution >= 4 is 6.09 Å². The minimum Gasteiger partial charge on any atom is -0.449 e. The van der Waals surface area contributed by atoms with Crippen LogP contribution in [-0.2, 0) is 9.47 Å². The van der Waals surface area contributed by atoms with Crippen molar-refractivity contribution in [3.63, 3.8) is 0 Å². The van der Waals surface area contributed by atoms with E-state index in [0.29, 0.717) is 12.5 Å². The van der Waals surface area contributed by atoms with Gasteiger partial charge < -0.3 is 19.5 Å². The molecule has 3 rings (SSSR count). The Balaban J connectivity index is 1.91. The highest BCUT2D eigenvalue weighted by molar-refractivity contribution is 5.66. The van der Waals surface area contributed by atoms with Crippen molar-refractivity contribution in [1.29, 1.82) is 0 Å². The zero-order valence-corrected chi connectivity index (χ0v) is 18.5. The Labute approximate surface area is 170 Å². The second kappa shape index (κ2) is 7.98. The highest BCUT2D eigenvalue weighted by atomic mass is 16.6. The van der Waals surface area contributed by atoms with E-state index in [4.69, 9.17) is 9.47 Å². The van der Waals surface area contributed by atoms with Gasteiger partial charge in [0.15, 0.2) is 0 Å². The molecule has 5 nitrogen and oxygen atoms in total. The van der Waals surface area contributed by atoms with E-state index in [1.54, 1.807) is 14.1 Å². The van der Waals surface area contributed by atoms with Crippen LogP contribution in [0.2, 0.25) is 0 Å². The summed E-state index contributed by atoms with van der Waals surface area (Å²) in [7, 11) is 3.42. The van der Waals surface area contributed by atoms with E-state index < -0.39 is 6.10 Å². The lowest BCUT2D eigenvalue weighted by Crippen LogP contribution is -2.50. The third-order valence-corrected chi connectivity index (χ3v) is 8.06. The molecular formula is C23H39NO4. The van der Waals surface area contributed by atoms with Gasteiger partial charge in [-0.1, -0.05) is 25.5 Å². The molecule has 160 valence electrons. The fraction of sp³-hybridized carbons (Fsp3) is 0.870. The quantitative estimate of drug-likeness (QED) is 0.558. The number of epoxide rings is 1. The fourth-order valence-corrected chi connectivity index (χ4v) is 5.56. The van der Waals surface area contributed by atoms with Crippen molar-refractivity contribution < 1.29 is 19.4 Å². The van der Waals surface area contributed by atoms with Crippen LogP contribution in [0.25, 0.3) is 0 Å². The average molecular weight is 394 g/mol. The van der Waals surface area contributed by atoms with E-state index in [0.717, 1.165) is 38.5 Å². The Morgan fingerprint density at radius 1 is 1.32 bits per heavy atom. The largest absolute Gasteiger partial charge is 0.449 e. The number of rotatable bonds is 2. The summed E-state index contributed by atoms with van der Waals surface area (Å²) < 4.78 is 11.7. The van der Waals surface area contributed by atoms with Crippen molar-refractivity contribution in [3.8, 4) is 0 Å². The Kier molecular flexibility index (Phi) is 6.17. The van der Waals surface area contributed by atoms with Crippen LogP contribution in [0.15, 0.2) is 11.6 Å². The lowest BCUT2D eigenvalue weighted by atomic mass is 9.54. The first-order valence-corrected chi connectivity index (χ1v) is 10.9. The predicted molar refractivity (Wildman–Crippen MR) is 110 cm³/mol. The van der Waals surface area contributed by atoms with Crippen molar-refractivity contribution in [2.75, 3.05) is 20.7 Å². The predicted octanol–water partition coefficient (Wildman–Crippen LogP) is 4.39. The van der Waals surface area contributed by atoms with Crippen LogP contribution in [0.3, 0.4) is 0 Å². The van der Waals surface area contributed by atoms with Crippen LogP contribution in [0.1, 0.15) is 66.2 Å². The summed E-state index contributed by atoms with van der Waals surface area (Å²) in [5, 5.41) is 11.3. The monoisotopic (exact) mass is 393 g/mol. The number of aliphatic hydroxyl groups is 1. The first kappa shape index (κ1) is 21.6. The molecule has 1 heterocycles. The van der Waals surface area contributed by atoms with Gasteiger partial charge in [-0.15, -0.1) is 0 Å². The Hall–Kier alpha value is -1.07. The first-order valence-electron chi connectivity index (χ1n) is 10.9. The molecule has 7 atom stereocenters. The molecule has 2 aliphatic carbocycles. The summed E-state index contributed by atoms with van der Waals surface area (Å²) in [6, 6.07) is 0. The molecule has 0 spiro atoms. The zero-order chi connectivity index (χ0) is 20.7. The molecule has 28 heavy (non-hydrogen) atoms. The maximum Gasteiger partial charge on any atom is 0.409 e. The number of aliphatic hydroxyl groups excluding tert-OH is 1. The van der Waals surface area contributed by atoms with Crippen LogP contribution in [0.5, 0.6) is 0 Å². The van der Waals surface area contributed by atoms with Gasteiger partial charge in [0.25, 0.3) is 0 Å². The van der Waals surface area contributed by atoms with Gasteiger partial charge in [-0.25, -0.2) is 4.79 Å². The lowest BCUT2D eigenvalue weighted by molar-refractivity contribution is -0.0862. The number of fused-ring (bicyclic) bond motifs is 3. The van der Waals surface area contributed by atoms with Crippen molar-refractivity contribution in [2.24, 2.45) is 23.2 Å². The zero-order valence-electron chi connectivity index (χ0n) is 18.5. The van der Waals surface area contributed by atoms with Crippen molar-refractivity contribution in [3.05, 3.63) is 11.6 Å². The van der Waals surface area contributed by atoms with Gasteiger partial charge in [-0.3, -0.25) is 0 Å². The minimum absolute atomic E-state index is 0.0239. The smallest absolute Gasteiger partial charge is 0.409 e. The van der Waals surface area contributed by atoms with E-state index in [1.807, 2.05) is 0 Å². The molecular weight excluding hydrogens is 354 g/mol. The molecule has 0 aromatic carbocycles. The van der Waals surface area contributed by atoms with Crippen LogP contribution in [0.4, 0.5) is 4.79 Å². The van der Waals surface area contributed by atoms with E-state index >= 15 is 0 Å². The van der Waals surface area contributed by atoms with Gasteiger partial charge in [-0.2, -0.15) is 0 Å². The molecule has 0 radical (unpaired) electrons. The third-order valence-electron chi connectivity index (χ3n) is 8.06. The summed E-state index contributed by atoms with van der Waals surface area (Å²) in [6.07, 6.45) is 7.58. The van der Waals surface area contributed by atoms with E-state index in [2.05, 4.69) is 33.8 Å². The summed E-state index contributed by atoms with van der Waals surface area (Å²) in [4.78, 5) is 13.6. The second-order valence-corrected chi connectivity index (χ2v) is 10.2. The topological polar surface area (TPSA) is 62.3 Å².